The molecule has 4 bridgehead atoms. The molecule has 0 N–H and O–H groups in total. The zero-order valence-electron chi connectivity index (χ0n) is 16.1. The van der Waals surface area contributed by atoms with E-state index in [1.54, 1.807) is 11.8 Å². The van der Waals surface area contributed by atoms with E-state index in [2.05, 4.69) is 15.2 Å². The van der Waals surface area contributed by atoms with Gasteiger partial charge in [0.05, 0.1) is 22.4 Å². The van der Waals surface area contributed by atoms with Crippen molar-refractivity contribution in [3.8, 4) is 0 Å². The first-order valence-corrected chi connectivity index (χ1v) is 11.3. The standard InChI is InChI=1S/C22H24N4OS/c1-13-19(24-18-5-3-2-4-17(18)23-13)12-28-21-26-25-20(27-21)22-9-14-6-15(10-22)8-16(7-14)11-22/h2-5,14-16H,6-12H2,1H3. The molecule has 0 spiro atoms. The van der Waals surface area contributed by atoms with Crippen molar-refractivity contribution in [3.63, 3.8) is 0 Å². The van der Waals surface area contributed by atoms with Crippen LogP contribution in [0.5, 0.6) is 0 Å². The van der Waals surface area contributed by atoms with Gasteiger partial charge >= 0.3 is 0 Å². The average Bonchev–Trinajstić information content (AvgIpc) is 3.15. The van der Waals surface area contributed by atoms with E-state index in [4.69, 9.17) is 9.40 Å². The normalized spacial score (nSPS) is 31.0. The molecule has 3 aromatic rings. The molecule has 0 atom stereocenters. The van der Waals surface area contributed by atoms with Gasteiger partial charge in [-0.1, -0.05) is 23.9 Å². The minimum absolute atomic E-state index is 0.166. The molecule has 7 rings (SSSR count). The lowest BCUT2D eigenvalue weighted by Crippen LogP contribution is -2.48. The van der Waals surface area contributed by atoms with E-state index in [-0.39, 0.29) is 5.41 Å². The van der Waals surface area contributed by atoms with Crippen LogP contribution in [0.2, 0.25) is 0 Å². The van der Waals surface area contributed by atoms with Gasteiger partial charge in [-0.05, 0) is 75.3 Å². The van der Waals surface area contributed by atoms with Crippen LogP contribution in [-0.4, -0.2) is 20.2 Å². The lowest BCUT2D eigenvalue weighted by atomic mass is 9.49. The van der Waals surface area contributed by atoms with Gasteiger partial charge in [0.15, 0.2) is 0 Å². The molecular formula is C22H24N4OS. The van der Waals surface area contributed by atoms with E-state index >= 15 is 0 Å². The zero-order valence-corrected chi connectivity index (χ0v) is 16.9. The van der Waals surface area contributed by atoms with E-state index < -0.39 is 0 Å². The van der Waals surface area contributed by atoms with Crippen LogP contribution in [0, 0.1) is 24.7 Å². The Morgan fingerprint density at radius 2 is 1.61 bits per heavy atom. The van der Waals surface area contributed by atoms with Crippen LogP contribution in [0.4, 0.5) is 0 Å². The fraction of sp³-hybridized carbons (Fsp3) is 0.545. The highest BCUT2D eigenvalue weighted by atomic mass is 32.2. The van der Waals surface area contributed by atoms with Crippen LogP contribution >= 0.6 is 11.8 Å². The van der Waals surface area contributed by atoms with E-state index in [9.17, 15) is 0 Å². The van der Waals surface area contributed by atoms with Gasteiger partial charge in [0.1, 0.15) is 0 Å². The summed E-state index contributed by atoms with van der Waals surface area (Å²) in [6.45, 7) is 2.02. The molecule has 144 valence electrons. The van der Waals surface area contributed by atoms with Crippen molar-refractivity contribution in [2.75, 3.05) is 0 Å². The van der Waals surface area contributed by atoms with Gasteiger partial charge in [-0.25, -0.2) is 9.97 Å². The molecule has 4 aliphatic carbocycles. The van der Waals surface area contributed by atoms with Crippen LogP contribution in [0.1, 0.15) is 55.8 Å². The number of nitrogens with zero attached hydrogens (tertiary/aromatic N) is 4. The first kappa shape index (κ1) is 17.0. The smallest absolute Gasteiger partial charge is 0.276 e. The number of rotatable bonds is 4. The summed E-state index contributed by atoms with van der Waals surface area (Å²) in [7, 11) is 0. The largest absolute Gasteiger partial charge is 0.415 e. The Kier molecular flexibility index (Phi) is 3.80. The molecule has 6 heteroatoms. The summed E-state index contributed by atoms with van der Waals surface area (Å²) in [6.07, 6.45) is 8.03. The first-order chi connectivity index (χ1) is 13.7. The van der Waals surface area contributed by atoms with Crippen molar-refractivity contribution in [1.82, 2.24) is 20.2 Å². The second-order valence-electron chi connectivity index (χ2n) is 9.10. The number of thioether (sulfide) groups is 1. The van der Waals surface area contributed by atoms with E-state index in [0.29, 0.717) is 11.0 Å². The van der Waals surface area contributed by atoms with Crippen molar-refractivity contribution in [2.45, 2.75) is 61.8 Å². The van der Waals surface area contributed by atoms with Gasteiger partial charge in [-0.2, -0.15) is 0 Å². The molecule has 2 heterocycles. The van der Waals surface area contributed by atoms with Crippen LogP contribution < -0.4 is 0 Å². The number of fused-ring (bicyclic) bond motifs is 1. The Hall–Kier alpha value is -1.95. The minimum atomic E-state index is 0.166. The highest BCUT2D eigenvalue weighted by molar-refractivity contribution is 7.98. The van der Waals surface area contributed by atoms with Crippen molar-refractivity contribution < 1.29 is 4.42 Å². The lowest BCUT2D eigenvalue weighted by molar-refractivity contribution is -0.0191. The summed E-state index contributed by atoms with van der Waals surface area (Å²) in [5.41, 5.74) is 3.99. The van der Waals surface area contributed by atoms with Crippen molar-refractivity contribution in [3.05, 3.63) is 41.5 Å². The third kappa shape index (κ3) is 2.76. The highest BCUT2D eigenvalue weighted by Gasteiger charge is 2.54. The number of hydrogen-bond donors (Lipinski definition) is 0. The lowest BCUT2D eigenvalue weighted by Gasteiger charge is -2.55. The van der Waals surface area contributed by atoms with Crippen molar-refractivity contribution in [2.24, 2.45) is 17.8 Å². The zero-order chi connectivity index (χ0) is 18.7. The second-order valence-corrected chi connectivity index (χ2v) is 10.0. The van der Waals surface area contributed by atoms with E-state index in [1.807, 2.05) is 31.2 Å². The molecule has 1 aromatic carbocycles. The molecule has 0 unspecified atom stereocenters. The number of benzene rings is 1. The molecule has 2 aromatic heterocycles. The van der Waals surface area contributed by atoms with Crippen LogP contribution in [0.15, 0.2) is 33.9 Å². The summed E-state index contributed by atoms with van der Waals surface area (Å²) >= 11 is 1.58. The quantitative estimate of drug-likeness (QED) is 0.577. The summed E-state index contributed by atoms with van der Waals surface area (Å²) in [6, 6.07) is 8.00. The van der Waals surface area contributed by atoms with Crippen LogP contribution in [0.25, 0.3) is 11.0 Å². The third-order valence-corrected chi connectivity index (χ3v) is 7.90. The Labute approximate surface area is 168 Å². The Bertz CT molecular complexity index is 1010. The topological polar surface area (TPSA) is 64.7 Å². The molecular weight excluding hydrogens is 368 g/mol. The fourth-order valence-electron chi connectivity index (χ4n) is 6.25. The SMILES string of the molecule is Cc1nc2ccccc2nc1CSc1nnc(C23CC4CC(CC(C4)C2)C3)o1. The van der Waals surface area contributed by atoms with Gasteiger partial charge in [-0.15, -0.1) is 10.2 Å². The van der Waals surface area contributed by atoms with Crippen LogP contribution in [0.3, 0.4) is 0 Å². The number of para-hydroxylation sites is 2. The summed E-state index contributed by atoms with van der Waals surface area (Å²) in [5, 5.41) is 9.56. The molecule has 0 saturated heterocycles. The molecule has 4 saturated carbocycles. The monoisotopic (exact) mass is 392 g/mol. The van der Waals surface area contributed by atoms with Crippen molar-refractivity contribution >= 4 is 22.8 Å². The van der Waals surface area contributed by atoms with Gasteiger partial charge in [0.25, 0.3) is 5.22 Å². The van der Waals surface area contributed by atoms with Crippen molar-refractivity contribution in [1.29, 1.82) is 0 Å². The predicted molar refractivity (Wildman–Crippen MR) is 108 cm³/mol. The van der Waals surface area contributed by atoms with Crippen LogP contribution in [-0.2, 0) is 11.2 Å². The van der Waals surface area contributed by atoms with Gasteiger partial charge in [0.2, 0.25) is 5.89 Å². The first-order valence-electron chi connectivity index (χ1n) is 10.4. The van der Waals surface area contributed by atoms with Gasteiger partial charge in [-0.3, -0.25) is 0 Å². The molecule has 0 amide bonds. The molecule has 0 radical (unpaired) electrons. The number of aryl methyl sites for hydroxylation is 1. The minimum Gasteiger partial charge on any atom is -0.415 e. The second kappa shape index (κ2) is 6.28. The van der Waals surface area contributed by atoms with Gasteiger partial charge in [0, 0.05) is 11.2 Å². The summed E-state index contributed by atoms with van der Waals surface area (Å²) in [4.78, 5) is 9.46. The Balaban J connectivity index is 1.22. The molecule has 0 aliphatic heterocycles. The Morgan fingerprint density at radius 3 is 2.29 bits per heavy atom. The summed E-state index contributed by atoms with van der Waals surface area (Å²) in [5.74, 6) is 4.24. The number of hydrogen-bond acceptors (Lipinski definition) is 6. The molecule has 4 fully saturated rings. The molecule has 5 nitrogen and oxygen atoms in total. The van der Waals surface area contributed by atoms with E-state index in [1.165, 1.54) is 38.5 Å². The Morgan fingerprint density at radius 1 is 0.964 bits per heavy atom. The third-order valence-electron chi connectivity index (χ3n) is 7.07. The highest BCUT2D eigenvalue weighted by Crippen LogP contribution is 2.60. The maximum Gasteiger partial charge on any atom is 0.276 e. The summed E-state index contributed by atoms with van der Waals surface area (Å²) < 4.78 is 6.21. The average molecular weight is 393 g/mol. The maximum absolute atomic E-state index is 6.21. The number of aromatic nitrogens is 4. The van der Waals surface area contributed by atoms with Gasteiger partial charge < -0.3 is 4.42 Å². The fourth-order valence-corrected chi connectivity index (χ4v) is 7.02. The maximum atomic E-state index is 6.21. The van der Waals surface area contributed by atoms with E-state index in [0.717, 1.165) is 46.1 Å². The molecule has 28 heavy (non-hydrogen) atoms. The molecule has 4 aliphatic rings. The predicted octanol–water partition coefficient (Wildman–Crippen LogP) is 5.08.